The molecule has 3 aromatic rings. The molecule has 34 heavy (non-hydrogen) atoms. The Hall–Kier alpha value is -2.70. The molecule has 2 heterocycles. The van der Waals surface area contributed by atoms with Crippen LogP contribution in [-0.4, -0.2) is 45.1 Å². The van der Waals surface area contributed by atoms with Gasteiger partial charge in [0.25, 0.3) is 5.91 Å². The number of halogens is 2. The summed E-state index contributed by atoms with van der Waals surface area (Å²) in [5, 5.41) is 5.42. The van der Waals surface area contributed by atoms with E-state index in [9.17, 15) is 9.18 Å². The van der Waals surface area contributed by atoms with Crippen molar-refractivity contribution in [2.75, 3.05) is 19.6 Å². The van der Waals surface area contributed by atoms with Crippen LogP contribution in [0.25, 0.3) is 5.69 Å². The van der Waals surface area contributed by atoms with Crippen LogP contribution >= 0.6 is 11.6 Å². The van der Waals surface area contributed by atoms with Gasteiger partial charge in [-0.05, 0) is 49.2 Å². The molecule has 1 aliphatic rings. The highest BCUT2D eigenvalue weighted by Gasteiger charge is 2.28. The van der Waals surface area contributed by atoms with Crippen molar-refractivity contribution in [1.82, 2.24) is 19.6 Å². The number of aromatic nitrogens is 2. The van der Waals surface area contributed by atoms with Gasteiger partial charge in [0.2, 0.25) is 0 Å². The topological polar surface area (TPSA) is 41.4 Å². The van der Waals surface area contributed by atoms with Crippen molar-refractivity contribution in [2.24, 2.45) is 5.92 Å². The second-order valence-electron chi connectivity index (χ2n) is 9.35. The molecule has 2 aromatic carbocycles. The summed E-state index contributed by atoms with van der Waals surface area (Å²) >= 11 is 6.16. The minimum Gasteiger partial charge on any atom is -0.332 e. The van der Waals surface area contributed by atoms with E-state index in [1.54, 1.807) is 41.1 Å². The molecule has 1 aromatic heterocycles. The first-order valence-corrected chi connectivity index (χ1v) is 12.4. The van der Waals surface area contributed by atoms with Crippen molar-refractivity contribution in [3.05, 3.63) is 81.9 Å². The van der Waals surface area contributed by atoms with Crippen LogP contribution in [0.4, 0.5) is 4.39 Å². The Morgan fingerprint density at radius 3 is 2.71 bits per heavy atom. The number of carbonyl (C=O) groups excluding carboxylic acids is 1. The average molecular weight is 483 g/mol. The normalized spacial score (nSPS) is 13.8. The maximum atomic E-state index is 14.7. The molecular weight excluding hydrogens is 451 g/mol. The van der Waals surface area contributed by atoms with Gasteiger partial charge in [-0.2, -0.15) is 5.10 Å². The molecule has 0 N–H and O–H groups in total. The first kappa shape index (κ1) is 24.4. The monoisotopic (exact) mass is 482 g/mol. The molecule has 0 aliphatic carbocycles. The Bertz CT molecular complexity index is 1160. The second kappa shape index (κ2) is 10.7. The zero-order valence-electron chi connectivity index (χ0n) is 20.1. The SMILES string of the molecule is CCCN1CCc2c(c(CN(CC(C)C)C(=O)c3cccc(Cl)c3)nn2-c2ccccc2F)C1. The van der Waals surface area contributed by atoms with Gasteiger partial charge in [0.05, 0.1) is 17.9 Å². The smallest absolute Gasteiger partial charge is 0.254 e. The Labute approximate surface area is 206 Å². The fourth-order valence-electron chi connectivity index (χ4n) is 4.64. The van der Waals surface area contributed by atoms with E-state index in [0.29, 0.717) is 29.4 Å². The highest BCUT2D eigenvalue weighted by atomic mass is 35.5. The van der Waals surface area contributed by atoms with E-state index in [-0.39, 0.29) is 17.6 Å². The molecule has 0 bridgehead atoms. The minimum absolute atomic E-state index is 0.0772. The summed E-state index contributed by atoms with van der Waals surface area (Å²) in [5.41, 5.74) is 3.98. The van der Waals surface area contributed by atoms with Crippen LogP contribution in [0.15, 0.2) is 48.5 Å². The van der Waals surface area contributed by atoms with Crippen molar-refractivity contribution in [1.29, 1.82) is 0 Å². The Morgan fingerprint density at radius 1 is 1.21 bits per heavy atom. The molecule has 0 radical (unpaired) electrons. The van der Waals surface area contributed by atoms with Crippen LogP contribution in [0.2, 0.25) is 5.02 Å². The van der Waals surface area contributed by atoms with Crippen LogP contribution in [-0.2, 0) is 19.5 Å². The first-order valence-electron chi connectivity index (χ1n) is 12.0. The molecule has 5 nitrogen and oxygen atoms in total. The van der Waals surface area contributed by atoms with Crippen molar-refractivity contribution in [3.63, 3.8) is 0 Å². The van der Waals surface area contributed by atoms with Crippen LogP contribution in [0.5, 0.6) is 0 Å². The predicted octanol–water partition coefficient (Wildman–Crippen LogP) is 5.73. The molecule has 180 valence electrons. The van der Waals surface area contributed by atoms with Gasteiger partial charge in [-0.25, -0.2) is 9.07 Å². The van der Waals surface area contributed by atoms with Gasteiger partial charge in [-0.1, -0.05) is 50.6 Å². The maximum absolute atomic E-state index is 14.7. The summed E-state index contributed by atoms with van der Waals surface area (Å²) in [6.45, 7) is 9.99. The van der Waals surface area contributed by atoms with E-state index in [1.165, 1.54) is 6.07 Å². The van der Waals surface area contributed by atoms with Crippen LogP contribution in [0.1, 0.15) is 54.5 Å². The van der Waals surface area contributed by atoms with Gasteiger partial charge in [0, 0.05) is 42.2 Å². The van der Waals surface area contributed by atoms with Crippen LogP contribution in [0.3, 0.4) is 0 Å². The lowest BCUT2D eigenvalue weighted by Gasteiger charge is -2.28. The van der Waals surface area contributed by atoms with Gasteiger partial charge in [0.15, 0.2) is 0 Å². The number of para-hydroxylation sites is 1. The molecular formula is C27H32ClFN4O. The van der Waals surface area contributed by atoms with Crippen LogP contribution < -0.4 is 0 Å². The Morgan fingerprint density at radius 2 is 2.00 bits per heavy atom. The predicted molar refractivity (Wildman–Crippen MR) is 134 cm³/mol. The fourth-order valence-corrected chi connectivity index (χ4v) is 4.83. The number of hydrogen-bond acceptors (Lipinski definition) is 3. The summed E-state index contributed by atoms with van der Waals surface area (Å²) in [6, 6.07) is 13.8. The molecule has 1 aliphatic heterocycles. The Kier molecular flexibility index (Phi) is 7.69. The van der Waals surface area contributed by atoms with Gasteiger partial charge in [-0.3, -0.25) is 9.69 Å². The zero-order valence-corrected chi connectivity index (χ0v) is 20.9. The lowest BCUT2D eigenvalue weighted by atomic mass is 10.0. The fraction of sp³-hybridized carbons (Fsp3) is 0.407. The van der Waals surface area contributed by atoms with E-state index < -0.39 is 0 Å². The first-order chi connectivity index (χ1) is 16.4. The summed E-state index contributed by atoms with van der Waals surface area (Å²) in [6.07, 6.45) is 1.86. The van der Waals surface area contributed by atoms with Crippen molar-refractivity contribution in [2.45, 2.75) is 46.7 Å². The van der Waals surface area contributed by atoms with E-state index >= 15 is 0 Å². The van der Waals surface area contributed by atoms with Crippen LogP contribution in [0, 0.1) is 11.7 Å². The lowest BCUT2D eigenvalue weighted by molar-refractivity contribution is 0.0719. The maximum Gasteiger partial charge on any atom is 0.254 e. The highest BCUT2D eigenvalue weighted by molar-refractivity contribution is 6.30. The summed E-state index contributed by atoms with van der Waals surface area (Å²) < 4.78 is 16.5. The quantitative estimate of drug-likeness (QED) is 0.411. The molecule has 0 fully saturated rings. The molecule has 0 saturated carbocycles. The van der Waals surface area contributed by atoms with Crippen molar-refractivity contribution < 1.29 is 9.18 Å². The second-order valence-corrected chi connectivity index (χ2v) is 9.79. The number of nitrogens with zero attached hydrogens (tertiary/aromatic N) is 4. The van der Waals surface area contributed by atoms with Gasteiger partial charge >= 0.3 is 0 Å². The lowest BCUT2D eigenvalue weighted by Crippen LogP contribution is -2.35. The number of benzene rings is 2. The largest absolute Gasteiger partial charge is 0.332 e. The molecule has 7 heteroatoms. The summed E-state index contributed by atoms with van der Waals surface area (Å²) in [7, 11) is 0. The third kappa shape index (κ3) is 5.34. The summed E-state index contributed by atoms with van der Waals surface area (Å²) in [4.78, 5) is 17.7. The third-order valence-electron chi connectivity index (χ3n) is 6.13. The van der Waals surface area contributed by atoms with E-state index in [4.69, 9.17) is 16.7 Å². The molecule has 0 unspecified atom stereocenters. The number of amides is 1. The van der Waals surface area contributed by atoms with E-state index in [0.717, 1.165) is 49.4 Å². The highest BCUT2D eigenvalue weighted by Crippen LogP contribution is 2.28. The zero-order chi connectivity index (χ0) is 24.2. The Balaban J connectivity index is 1.74. The third-order valence-corrected chi connectivity index (χ3v) is 6.36. The van der Waals surface area contributed by atoms with Gasteiger partial charge < -0.3 is 4.90 Å². The average Bonchev–Trinajstić information content (AvgIpc) is 3.16. The number of rotatable bonds is 8. The summed E-state index contributed by atoms with van der Waals surface area (Å²) in [5.74, 6) is -0.0970. The number of carbonyl (C=O) groups is 1. The number of fused-ring (bicyclic) bond motifs is 1. The number of hydrogen-bond donors (Lipinski definition) is 0. The molecule has 4 rings (SSSR count). The molecule has 0 saturated heterocycles. The standard InChI is InChI=1S/C27H32ClFN4O/c1-4-13-31-14-12-25-22(17-31)24(30-33(25)26-11-6-5-10-23(26)29)18-32(16-19(2)3)27(34)20-8-7-9-21(28)15-20/h5-11,15,19H,4,12-14,16-18H2,1-3H3. The van der Waals surface area contributed by atoms with Gasteiger partial charge in [-0.15, -0.1) is 0 Å². The van der Waals surface area contributed by atoms with Gasteiger partial charge in [0.1, 0.15) is 11.5 Å². The molecule has 0 atom stereocenters. The minimum atomic E-state index is -0.302. The van der Waals surface area contributed by atoms with Crippen molar-refractivity contribution in [3.8, 4) is 5.69 Å². The van der Waals surface area contributed by atoms with E-state index in [1.807, 2.05) is 11.0 Å². The van der Waals surface area contributed by atoms with E-state index in [2.05, 4.69) is 25.7 Å². The molecule has 1 amide bonds. The van der Waals surface area contributed by atoms with Crippen molar-refractivity contribution >= 4 is 17.5 Å². The molecule has 0 spiro atoms.